The first-order valence-corrected chi connectivity index (χ1v) is 12.1. The van der Waals surface area contributed by atoms with E-state index in [0.717, 1.165) is 50.8 Å². The van der Waals surface area contributed by atoms with Gasteiger partial charge in [-0.15, -0.1) is 11.3 Å². The summed E-state index contributed by atoms with van der Waals surface area (Å²) in [6.07, 6.45) is 3.32. The number of rotatable bonds is 6. The van der Waals surface area contributed by atoms with Crippen LogP contribution in [-0.4, -0.2) is 47.9 Å². The Bertz CT molecular complexity index is 1200. The van der Waals surface area contributed by atoms with Gasteiger partial charge in [0, 0.05) is 65.9 Å². The molecule has 1 aromatic carbocycles. The van der Waals surface area contributed by atoms with Crippen molar-refractivity contribution >= 4 is 50.7 Å². The number of likely N-dealkylation sites (N-methyl/N-ethyl adjacent to an activating group) is 1. The van der Waals surface area contributed by atoms with Crippen molar-refractivity contribution in [2.75, 3.05) is 25.0 Å². The van der Waals surface area contributed by atoms with E-state index in [1.807, 2.05) is 24.4 Å². The number of anilines is 1. The van der Waals surface area contributed by atoms with Gasteiger partial charge in [-0.2, -0.15) is 0 Å². The molecule has 0 atom stereocenters. The second-order valence-electron chi connectivity index (χ2n) is 8.40. The van der Waals surface area contributed by atoms with E-state index in [0.29, 0.717) is 25.4 Å². The highest BCUT2D eigenvalue weighted by Gasteiger charge is 2.30. The Kier molecular flexibility index (Phi) is 5.65. The van der Waals surface area contributed by atoms with Crippen molar-refractivity contribution in [3.63, 3.8) is 0 Å². The monoisotopic (exact) mass is 468 g/mol. The van der Waals surface area contributed by atoms with Gasteiger partial charge >= 0.3 is 0 Å². The molecule has 3 aromatic rings. The van der Waals surface area contributed by atoms with Gasteiger partial charge in [0.05, 0.1) is 22.8 Å². The number of carbonyl (C=O) groups excluding carboxylic acids is 2. The van der Waals surface area contributed by atoms with E-state index in [4.69, 9.17) is 11.6 Å². The van der Waals surface area contributed by atoms with Crippen LogP contribution >= 0.6 is 22.9 Å². The van der Waals surface area contributed by atoms with Gasteiger partial charge in [-0.05, 0) is 36.2 Å². The van der Waals surface area contributed by atoms with Crippen molar-refractivity contribution in [2.24, 2.45) is 0 Å². The number of amides is 2. The highest BCUT2D eigenvalue weighted by Crippen LogP contribution is 2.42. The number of imide groups is 1. The van der Waals surface area contributed by atoms with Gasteiger partial charge in [0.2, 0.25) is 11.8 Å². The average Bonchev–Trinajstić information content (AvgIpc) is 3.29. The third-order valence-electron chi connectivity index (χ3n) is 6.42. The van der Waals surface area contributed by atoms with Crippen LogP contribution in [0.3, 0.4) is 0 Å². The predicted octanol–water partition coefficient (Wildman–Crippen LogP) is 4.24. The minimum Gasteiger partial charge on any atom is -0.368 e. The van der Waals surface area contributed by atoms with Crippen LogP contribution in [0.2, 0.25) is 5.02 Å². The van der Waals surface area contributed by atoms with E-state index in [2.05, 4.69) is 35.2 Å². The molecule has 4 heterocycles. The third-order valence-corrected chi connectivity index (χ3v) is 7.78. The predicted molar refractivity (Wildman–Crippen MR) is 129 cm³/mol. The lowest BCUT2D eigenvalue weighted by Crippen LogP contribution is -2.56. The second-order valence-corrected chi connectivity index (χ2v) is 9.97. The fraction of sp³-hybridized carbons (Fsp3) is 0.375. The van der Waals surface area contributed by atoms with Crippen LogP contribution in [-0.2, 0) is 22.6 Å². The van der Waals surface area contributed by atoms with Gasteiger partial charge in [-0.3, -0.25) is 19.5 Å². The van der Waals surface area contributed by atoms with Crippen LogP contribution in [0.25, 0.3) is 21.3 Å². The van der Waals surface area contributed by atoms with E-state index in [9.17, 15) is 9.59 Å². The Morgan fingerprint density at radius 2 is 1.94 bits per heavy atom. The minimum absolute atomic E-state index is 0.0962. The lowest BCUT2D eigenvalue weighted by atomic mass is 9.96. The van der Waals surface area contributed by atoms with Crippen molar-refractivity contribution in [3.05, 3.63) is 45.9 Å². The Morgan fingerprint density at radius 1 is 1.19 bits per heavy atom. The van der Waals surface area contributed by atoms with Crippen LogP contribution in [0.5, 0.6) is 0 Å². The molecule has 2 aliphatic heterocycles. The molecule has 0 radical (unpaired) electrons. The molecule has 6 nitrogen and oxygen atoms in total. The molecule has 2 aliphatic rings. The molecule has 0 saturated carbocycles. The van der Waals surface area contributed by atoms with E-state index in [1.54, 1.807) is 11.3 Å². The molecule has 32 heavy (non-hydrogen) atoms. The van der Waals surface area contributed by atoms with Crippen LogP contribution in [0.4, 0.5) is 5.69 Å². The summed E-state index contributed by atoms with van der Waals surface area (Å²) in [7, 11) is 2.15. The normalized spacial score (nSPS) is 16.8. The van der Waals surface area contributed by atoms with Crippen molar-refractivity contribution in [3.8, 4) is 11.1 Å². The minimum atomic E-state index is -0.0962. The van der Waals surface area contributed by atoms with Gasteiger partial charge in [-0.25, -0.2) is 0 Å². The smallest absolute Gasteiger partial charge is 0.230 e. The number of aryl methyl sites for hydroxylation is 1. The summed E-state index contributed by atoms with van der Waals surface area (Å²) in [4.78, 5) is 33.4. The van der Waals surface area contributed by atoms with Gasteiger partial charge in [0.25, 0.3) is 0 Å². The largest absolute Gasteiger partial charge is 0.368 e. The summed E-state index contributed by atoms with van der Waals surface area (Å²) in [6.45, 7) is 4.40. The molecule has 1 N–H and O–H groups in total. The second kappa shape index (κ2) is 8.46. The van der Waals surface area contributed by atoms with Crippen molar-refractivity contribution in [1.82, 2.24) is 15.2 Å². The van der Waals surface area contributed by atoms with Crippen molar-refractivity contribution < 1.29 is 9.59 Å². The summed E-state index contributed by atoms with van der Waals surface area (Å²) >= 11 is 8.15. The summed E-state index contributed by atoms with van der Waals surface area (Å²) in [6, 6.07) is 8.58. The first-order chi connectivity index (χ1) is 15.5. The lowest BCUT2D eigenvalue weighted by molar-refractivity contribution is -0.138. The molecule has 0 spiro atoms. The number of pyridine rings is 1. The summed E-state index contributed by atoms with van der Waals surface area (Å²) in [5, 5.41) is 4.08. The summed E-state index contributed by atoms with van der Waals surface area (Å²) < 4.78 is 1.05. The lowest BCUT2D eigenvalue weighted by Gasteiger charge is -2.39. The molecular formula is C24H25ClN4O2S. The van der Waals surface area contributed by atoms with E-state index >= 15 is 0 Å². The highest BCUT2D eigenvalue weighted by molar-refractivity contribution is 7.19. The zero-order chi connectivity index (χ0) is 22.4. The number of aromatic nitrogens is 1. The standard InChI is InChI=1S/C24H25ClN4O2S/c1-3-14-8-15(25)9-19(23(14)28(2)16-11-26-12-16)18-6-7-27-20-10-17(32-24(18)20)13-29-21(30)4-5-22(29)31/h6-10,16,26H,3-5,11-13H2,1-2H3. The summed E-state index contributed by atoms with van der Waals surface area (Å²) in [5.74, 6) is -0.192. The molecule has 5 rings (SSSR count). The molecular weight excluding hydrogens is 444 g/mol. The van der Waals surface area contributed by atoms with E-state index in [1.165, 1.54) is 16.2 Å². The molecule has 2 aromatic heterocycles. The van der Waals surface area contributed by atoms with Gasteiger partial charge in [0.15, 0.2) is 0 Å². The number of nitrogens with zero attached hydrogens (tertiary/aromatic N) is 3. The number of carbonyl (C=O) groups is 2. The average molecular weight is 469 g/mol. The number of nitrogens with one attached hydrogen (secondary N) is 1. The van der Waals surface area contributed by atoms with Gasteiger partial charge < -0.3 is 10.2 Å². The topological polar surface area (TPSA) is 65.5 Å². The van der Waals surface area contributed by atoms with E-state index in [-0.39, 0.29) is 11.8 Å². The Balaban J connectivity index is 1.61. The number of benzene rings is 1. The molecule has 0 unspecified atom stereocenters. The number of fused-ring (bicyclic) bond motifs is 1. The molecule has 2 fully saturated rings. The number of halogens is 1. The molecule has 0 aliphatic carbocycles. The van der Waals surface area contributed by atoms with Gasteiger partial charge in [0.1, 0.15) is 0 Å². The van der Waals surface area contributed by atoms with Crippen molar-refractivity contribution in [2.45, 2.75) is 38.8 Å². The van der Waals surface area contributed by atoms with Crippen LogP contribution < -0.4 is 10.2 Å². The fourth-order valence-corrected chi connectivity index (χ4v) is 5.88. The summed E-state index contributed by atoms with van der Waals surface area (Å²) in [5.41, 5.74) is 5.47. The maximum atomic E-state index is 12.1. The Hall–Kier alpha value is -2.48. The third kappa shape index (κ3) is 3.68. The van der Waals surface area contributed by atoms with Crippen LogP contribution in [0.15, 0.2) is 30.5 Å². The van der Waals surface area contributed by atoms with Crippen molar-refractivity contribution in [1.29, 1.82) is 0 Å². The van der Waals surface area contributed by atoms with Crippen LogP contribution in [0, 0.1) is 0 Å². The number of hydrogen-bond acceptors (Lipinski definition) is 6. The first kappa shape index (κ1) is 21.4. The number of thiophene rings is 1. The molecule has 166 valence electrons. The molecule has 0 bridgehead atoms. The zero-order valence-electron chi connectivity index (χ0n) is 18.2. The van der Waals surface area contributed by atoms with Crippen LogP contribution in [0.1, 0.15) is 30.2 Å². The quantitative estimate of drug-likeness (QED) is 0.548. The van der Waals surface area contributed by atoms with Gasteiger partial charge in [-0.1, -0.05) is 18.5 Å². The highest BCUT2D eigenvalue weighted by atomic mass is 35.5. The first-order valence-electron chi connectivity index (χ1n) is 10.9. The SMILES string of the molecule is CCc1cc(Cl)cc(-c2ccnc3cc(CN4C(=O)CCC4=O)sc23)c1N(C)C1CNC1. The maximum absolute atomic E-state index is 12.1. The number of likely N-dealkylation sites (tertiary alicyclic amines) is 1. The Morgan fingerprint density at radius 3 is 2.59 bits per heavy atom. The Labute approximate surface area is 196 Å². The maximum Gasteiger partial charge on any atom is 0.230 e. The number of hydrogen-bond donors (Lipinski definition) is 1. The van der Waals surface area contributed by atoms with E-state index < -0.39 is 0 Å². The zero-order valence-corrected chi connectivity index (χ0v) is 19.7. The molecule has 2 saturated heterocycles. The molecule has 2 amide bonds. The fourth-order valence-electron chi connectivity index (χ4n) is 4.51. The molecule has 8 heteroatoms.